The Morgan fingerprint density at radius 2 is 2.00 bits per heavy atom. The second kappa shape index (κ2) is 9.61. The first-order valence-electron chi connectivity index (χ1n) is 10.8. The third-order valence-electron chi connectivity index (χ3n) is 5.95. The second-order valence-electron chi connectivity index (χ2n) is 8.02. The number of nitrogens with one attached hydrogen (secondary N) is 1. The summed E-state index contributed by atoms with van der Waals surface area (Å²) in [6.45, 7) is 0.686. The first-order valence-corrected chi connectivity index (χ1v) is 11.8. The Hall–Kier alpha value is -2.08. The van der Waals surface area contributed by atoms with Crippen molar-refractivity contribution in [1.29, 1.82) is 0 Å². The van der Waals surface area contributed by atoms with Crippen LogP contribution in [-0.4, -0.2) is 27.8 Å². The standard InChI is InChI=1S/C23H29N3O2S/c27-21(24-15-14-17-8-2-1-3-9-17)16-29-23-25-20-13-7-6-12-19(20)22(28)26(23)18-10-4-5-11-18/h6-8,12-13,18H,1-5,9-11,14-16H2,(H,24,27). The molecule has 0 bridgehead atoms. The predicted molar refractivity (Wildman–Crippen MR) is 118 cm³/mol. The van der Waals surface area contributed by atoms with E-state index < -0.39 is 0 Å². The van der Waals surface area contributed by atoms with Gasteiger partial charge in [0.1, 0.15) is 0 Å². The van der Waals surface area contributed by atoms with E-state index in [9.17, 15) is 9.59 Å². The molecular weight excluding hydrogens is 382 g/mol. The first kappa shape index (κ1) is 20.2. The van der Waals surface area contributed by atoms with Gasteiger partial charge in [-0.3, -0.25) is 14.2 Å². The van der Waals surface area contributed by atoms with Gasteiger partial charge in [-0.2, -0.15) is 0 Å². The molecule has 0 spiro atoms. The van der Waals surface area contributed by atoms with E-state index in [4.69, 9.17) is 4.98 Å². The van der Waals surface area contributed by atoms with E-state index >= 15 is 0 Å². The molecule has 1 aromatic carbocycles. The summed E-state index contributed by atoms with van der Waals surface area (Å²) in [7, 11) is 0. The fraction of sp³-hybridized carbons (Fsp3) is 0.522. The minimum Gasteiger partial charge on any atom is -0.355 e. The van der Waals surface area contributed by atoms with Crippen LogP contribution in [-0.2, 0) is 4.79 Å². The number of thioether (sulfide) groups is 1. The van der Waals surface area contributed by atoms with Gasteiger partial charge in [-0.25, -0.2) is 4.98 Å². The number of carbonyl (C=O) groups is 1. The van der Waals surface area contributed by atoms with Gasteiger partial charge in [0, 0.05) is 12.6 Å². The van der Waals surface area contributed by atoms with E-state index in [0.29, 0.717) is 22.6 Å². The summed E-state index contributed by atoms with van der Waals surface area (Å²) in [5.41, 5.74) is 2.20. The number of hydrogen-bond acceptors (Lipinski definition) is 4. The smallest absolute Gasteiger partial charge is 0.262 e. The van der Waals surface area contributed by atoms with Gasteiger partial charge >= 0.3 is 0 Å². The molecule has 0 aliphatic heterocycles. The van der Waals surface area contributed by atoms with Crippen molar-refractivity contribution in [2.24, 2.45) is 0 Å². The van der Waals surface area contributed by atoms with Crippen molar-refractivity contribution in [2.75, 3.05) is 12.3 Å². The molecule has 2 aliphatic carbocycles. The van der Waals surface area contributed by atoms with Crippen molar-refractivity contribution in [3.05, 3.63) is 46.3 Å². The van der Waals surface area contributed by atoms with Crippen LogP contribution < -0.4 is 10.9 Å². The molecule has 1 N–H and O–H groups in total. The topological polar surface area (TPSA) is 64.0 Å². The third kappa shape index (κ3) is 4.92. The van der Waals surface area contributed by atoms with E-state index in [1.165, 1.54) is 43.0 Å². The number of hydrogen-bond donors (Lipinski definition) is 1. The summed E-state index contributed by atoms with van der Waals surface area (Å²) in [6.07, 6.45) is 12.5. The van der Waals surface area contributed by atoms with E-state index in [0.717, 1.165) is 32.1 Å². The third-order valence-corrected chi connectivity index (χ3v) is 6.90. The normalized spacial score (nSPS) is 17.4. The highest BCUT2D eigenvalue weighted by Crippen LogP contribution is 2.32. The maximum absolute atomic E-state index is 13.1. The van der Waals surface area contributed by atoms with E-state index in [1.807, 2.05) is 28.8 Å². The van der Waals surface area contributed by atoms with Crippen molar-refractivity contribution in [3.63, 3.8) is 0 Å². The van der Waals surface area contributed by atoms with Crippen LogP contribution in [0.4, 0.5) is 0 Å². The molecule has 5 nitrogen and oxygen atoms in total. The fourth-order valence-electron chi connectivity index (χ4n) is 4.39. The zero-order chi connectivity index (χ0) is 20.1. The SMILES string of the molecule is O=C(CSc1nc2ccccc2c(=O)n1C1CCCC1)NCCC1=CCCCC1. The van der Waals surface area contributed by atoms with Gasteiger partial charge in [-0.1, -0.05) is 48.4 Å². The maximum Gasteiger partial charge on any atom is 0.262 e. The van der Waals surface area contributed by atoms with Crippen LogP contribution in [0.15, 0.2) is 45.9 Å². The second-order valence-corrected chi connectivity index (χ2v) is 8.96. The molecule has 2 aliphatic rings. The van der Waals surface area contributed by atoms with Crippen LogP contribution >= 0.6 is 11.8 Å². The number of amides is 1. The summed E-state index contributed by atoms with van der Waals surface area (Å²) >= 11 is 1.38. The zero-order valence-electron chi connectivity index (χ0n) is 16.9. The lowest BCUT2D eigenvalue weighted by Gasteiger charge is -2.18. The Morgan fingerprint density at radius 3 is 2.79 bits per heavy atom. The minimum absolute atomic E-state index is 0.00629. The summed E-state index contributed by atoms with van der Waals surface area (Å²) in [5.74, 6) is 0.295. The molecule has 1 fully saturated rings. The van der Waals surface area contributed by atoms with Crippen LogP contribution in [0.3, 0.4) is 0 Å². The van der Waals surface area contributed by atoms with E-state index in [1.54, 1.807) is 0 Å². The number of nitrogens with zero attached hydrogens (tertiary/aromatic N) is 2. The van der Waals surface area contributed by atoms with Crippen molar-refractivity contribution in [3.8, 4) is 0 Å². The summed E-state index contributed by atoms with van der Waals surface area (Å²) < 4.78 is 1.85. The lowest BCUT2D eigenvalue weighted by Crippen LogP contribution is -2.29. The van der Waals surface area contributed by atoms with Crippen molar-refractivity contribution in [1.82, 2.24) is 14.9 Å². The van der Waals surface area contributed by atoms with Gasteiger partial charge in [0.15, 0.2) is 5.16 Å². The minimum atomic E-state index is 0.00629. The maximum atomic E-state index is 13.1. The average molecular weight is 412 g/mol. The van der Waals surface area contributed by atoms with Gasteiger partial charge in [0.25, 0.3) is 5.56 Å². The van der Waals surface area contributed by atoms with Crippen molar-refractivity contribution in [2.45, 2.75) is 69.0 Å². The van der Waals surface area contributed by atoms with Gasteiger partial charge in [0.2, 0.25) is 5.91 Å². The highest BCUT2D eigenvalue weighted by molar-refractivity contribution is 7.99. The lowest BCUT2D eigenvalue weighted by molar-refractivity contribution is -0.118. The number of carbonyl (C=O) groups excluding carboxylic acids is 1. The van der Waals surface area contributed by atoms with Crippen molar-refractivity contribution >= 4 is 28.6 Å². The van der Waals surface area contributed by atoms with Crippen LogP contribution in [0.25, 0.3) is 10.9 Å². The van der Waals surface area contributed by atoms with E-state index in [2.05, 4.69) is 11.4 Å². The molecule has 4 rings (SSSR count). The monoisotopic (exact) mass is 411 g/mol. The molecule has 6 heteroatoms. The number of rotatable bonds is 7. The molecule has 29 heavy (non-hydrogen) atoms. The predicted octanol–water partition coefficient (Wildman–Crippen LogP) is 4.61. The molecule has 1 saturated carbocycles. The molecule has 0 radical (unpaired) electrons. The molecule has 1 heterocycles. The van der Waals surface area contributed by atoms with Crippen LogP contribution in [0.5, 0.6) is 0 Å². The number of fused-ring (bicyclic) bond motifs is 1. The summed E-state index contributed by atoms with van der Waals surface area (Å²) in [6, 6.07) is 7.69. The molecule has 2 aromatic rings. The van der Waals surface area contributed by atoms with Gasteiger partial charge < -0.3 is 5.32 Å². The summed E-state index contributed by atoms with van der Waals surface area (Å²) in [5, 5.41) is 4.36. The average Bonchev–Trinajstić information content (AvgIpc) is 3.27. The largest absolute Gasteiger partial charge is 0.355 e. The lowest BCUT2D eigenvalue weighted by atomic mass is 9.97. The van der Waals surface area contributed by atoms with Crippen molar-refractivity contribution < 1.29 is 4.79 Å². The molecule has 154 valence electrons. The molecular formula is C23H29N3O2S. The van der Waals surface area contributed by atoms with Crippen LogP contribution in [0.2, 0.25) is 0 Å². The Morgan fingerprint density at radius 1 is 1.17 bits per heavy atom. The first-order chi connectivity index (χ1) is 14.2. The van der Waals surface area contributed by atoms with Crippen LogP contribution in [0.1, 0.15) is 63.8 Å². The Kier molecular flexibility index (Phi) is 6.70. The molecule has 0 unspecified atom stereocenters. The number of benzene rings is 1. The van der Waals surface area contributed by atoms with Gasteiger partial charge in [0.05, 0.1) is 16.7 Å². The van der Waals surface area contributed by atoms with Gasteiger partial charge in [-0.05, 0) is 57.1 Å². The number of para-hydroxylation sites is 1. The number of aromatic nitrogens is 2. The number of allylic oxidation sites excluding steroid dienone is 1. The molecule has 0 atom stereocenters. The highest BCUT2D eigenvalue weighted by atomic mass is 32.2. The van der Waals surface area contributed by atoms with E-state index in [-0.39, 0.29) is 23.3 Å². The summed E-state index contributed by atoms with van der Waals surface area (Å²) in [4.78, 5) is 30.2. The molecule has 0 saturated heterocycles. The Balaban J connectivity index is 1.43. The Labute approximate surface area is 176 Å². The van der Waals surface area contributed by atoms with Crippen LogP contribution in [0, 0.1) is 0 Å². The quantitative estimate of drug-likeness (QED) is 0.410. The van der Waals surface area contributed by atoms with Gasteiger partial charge in [-0.15, -0.1) is 0 Å². The Bertz CT molecular complexity index is 960. The fourth-order valence-corrected chi connectivity index (χ4v) is 5.28. The molecule has 1 amide bonds. The molecule has 1 aromatic heterocycles. The highest BCUT2D eigenvalue weighted by Gasteiger charge is 2.23. The zero-order valence-corrected chi connectivity index (χ0v) is 17.7.